The van der Waals surface area contributed by atoms with Gasteiger partial charge in [0, 0.05) is 18.3 Å². The van der Waals surface area contributed by atoms with Gasteiger partial charge in [-0.2, -0.15) is 0 Å². The van der Waals surface area contributed by atoms with E-state index >= 15 is 0 Å². The van der Waals surface area contributed by atoms with E-state index in [9.17, 15) is 0 Å². The first kappa shape index (κ1) is 15.6. The maximum absolute atomic E-state index is 5.65. The number of hydrogen-bond donors (Lipinski definition) is 0. The van der Waals surface area contributed by atoms with Gasteiger partial charge in [-0.25, -0.2) is 9.97 Å². The zero-order valence-electron chi connectivity index (χ0n) is 14.6. The largest absolute Gasteiger partial charge is 0.463 e. The Balaban J connectivity index is 1.77. The van der Waals surface area contributed by atoms with E-state index in [1.54, 1.807) is 12.6 Å². The Bertz CT molecular complexity index is 1180. The molecule has 0 aliphatic heterocycles. The molecule has 27 heavy (non-hydrogen) atoms. The molecule has 0 fully saturated rings. The first-order chi connectivity index (χ1) is 13.4. The molecule has 3 aromatic heterocycles. The van der Waals surface area contributed by atoms with E-state index in [0.29, 0.717) is 0 Å². The Labute approximate surface area is 156 Å². The monoisotopic (exact) mass is 351 g/mol. The van der Waals surface area contributed by atoms with Crippen LogP contribution in [0.15, 0.2) is 96.0 Å². The van der Waals surface area contributed by atoms with Crippen molar-refractivity contribution in [2.75, 3.05) is 0 Å². The van der Waals surface area contributed by atoms with Gasteiger partial charge in [0.2, 0.25) is 0 Å². The summed E-state index contributed by atoms with van der Waals surface area (Å²) in [4.78, 5) is 9.14. The minimum Gasteiger partial charge on any atom is -0.463 e. The van der Waals surface area contributed by atoms with Crippen molar-refractivity contribution in [1.29, 1.82) is 0 Å². The second kappa shape index (κ2) is 6.57. The van der Waals surface area contributed by atoms with Crippen molar-refractivity contribution >= 4 is 11.0 Å². The highest BCUT2D eigenvalue weighted by Crippen LogP contribution is 2.36. The molecule has 0 bridgehead atoms. The van der Waals surface area contributed by atoms with Gasteiger partial charge in [-0.3, -0.25) is 0 Å². The molecule has 2 aromatic carbocycles. The van der Waals surface area contributed by atoms with Crippen LogP contribution in [-0.2, 0) is 6.54 Å². The van der Waals surface area contributed by atoms with Crippen LogP contribution in [-0.4, -0.2) is 14.5 Å². The molecule has 0 radical (unpaired) electrons. The Hall–Kier alpha value is -3.66. The minimum atomic E-state index is 0.747. The van der Waals surface area contributed by atoms with Crippen molar-refractivity contribution in [3.63, 3.8) is 0 Å². The fraction of sp³-hybridized carbons (Fsp3) is 0.0435. The summed E-state index contributed by atoms with van der Waals surface area (Å²) in [6.07, 6.45) is 5.44. The maximum atomic E-state index is 5.65. The molecule has 0 unspecified atom stereocenters. The van der Waals surface area contributed by atoms with Crippen LogP contribution >= 0.6 is 0 Å². The molecule has 0 atom stereocenters. The zero-order valence-corrected chi connectivity index (χ0v) is 14.6. The van der Waals surface area contributed by atoms with Crippen LogP contribution in [0.5, 0.6) is 0 Å². The van der Waals surface area contributed by atoms with Crippen LogP contribution < -0.4 is 0 Å². The molecule has 4 heteroatoms. The molecule has 0 spiro atoms. The van der Waals surface area contributed by atoms with Crippen molar-refractivity contribution in [3.05, 3.63) is 97.1 Å². The Morgan fingerprint density at radius 1 is 0.815 bits per heavy atom. The topological polar surface area (TPSA) is 43.9 Å². The first-order valence-corrected chi connectivity index (χ1v) is 8.87. The average Bonchev–Trinajstić information content (AvgIpc) is 3.38. The normalized spacial score (nSPS) is 11.1. The van der Waals surface area contributed by atoms with Gasteiger partial charge in [-0.05, 0) is 23.3 Å². The molecule has 5 rings (SSSR count). The summed E-state index contributed by atoms with van der Waals surface area (Å²) < 4.78 is 7.83. The Kier molecular flexibility index (Phi) is 3.79. The third-order valence-electron chi connectivity index (χ3n) is 4.69. The van der Waals surface area contributed by atoms with E-state index in [0.717, 1.165) is 40.2 Å². The smallest absolute Gasteiger partial charge is 0.153 e. The lowest BCUT2D eigenvalue weighted by molar-refractivity contribution is 0.580. The number of benzene rings is 2. The predicted molar refractivity (Wildman–Crippen MR) is 106 cm³/mol. The summed E-state index contributed by atoms with van der Waals surface area (Å²) >= 11 is 0. The fourth-order valence-electron chi connectivity index (χ4n) is 3.46. The van der Waals surface area contributed by atoms with Gasteiger partial charge in [-0.1, -0.05) is 60.7 Å². The number of furan rings is 1. The van der Waals surface area contributed by atoms with Crippen LogP contribution in [0.1, 0.15) is 5.56 Å². The van der Waals surface area contributed by atoms with E-state index in [1.165, 1.54) is 5.56 Å². The van der Waals surface area contributed by atoms with Gasteiger partial charge >= 0.3 is 0 Å². The van der Waals surface area contributed by atoms with Gasteiger partial charge in [0.1, 0.15) is 17.7 Å². The van der Waals surface area contributed by atoms with Crippen molar-refractivity contribution in [3.8, 4) is 22.6 Å². The van der Waals surface area contributed by atoms with Crippen molar-refractivity contribution in [2.45, 2.75) is 6.54 Å². The first-order valence-electron chi connectivity index (χ1n) is 8.87. The van der Waals surface area contributed by atoms with E-state index < -0.39 is 0 Å². The SMILES string of the molecule is c1ccc(Cn2cc(-c3ccccc3)c3c(-c4ccco4)ncnc32)cc1. The average molecular weight is 351 g/mol. The fourth-order valence-corrected chi connectivity index (χ4v) is 3.46. The zero-order chi connectivity index (χ0) is 18.1. The summed E-state index contributed by atoms with van der Waals surface area (Å²) in [6, 6.07) is 24.6. The maximum Gasteiger partial charge on any atom is 0.153 e. The third-order valence-corrected chi connectivity index (χ3v) is 4.69. The standard InChI is InChI=1S/C23H17N3O/c1-3-8-17(9-4-1)14-26-15-19(18-10-5-2-6-11-18)21-22(20-12-7-13-27-20)24-16-25-23(21)26/h1-13,15-16H,14H2. The summed E-state index contributed by atoms with van der Waals surface area (Å²) in [5.41, 5.74) is 5.19. The number of hydrogen-bond acceptors (Lipinski definition) is 3. The van der Waals surface area contributed by atoms with Gasteiger partial charge in [0.05, 0.1) is 11.6 Å². The summed E-state index contributed by atoms with van der Waals surface area (Å²) in [5, 5.41) is 1.01. The molecule has 0 aliphatic rings. The Morgan fingerprint density at radius 2 is 1.59 bits per heavy atom. The molecule has 5 aromatic rings. The van der Waals surface area contributed by atoms with Crippen molar-refractivity contribution in [2.24, 2.45) is 0 Å². The summed E-state index contributed by atoms with van der Waals surface area (Å²) in [5.74, 6) is 0.747. The summed E-state index contributed by atoms with van der Waals surface area (Å²) in [7, 11) is 0. The van der Waals surface area contributed by atoms with Crippen LogP contribution in [0.3, 0.4) is 0 Å². The summed E-state index contributed by atoms with van der Waals surface area (Å²) in [6.45, 7) is 0.749. The molecular weight excluding hydrogens is 334 g/mol. The van der Waals surface area contributed by atoms with Gasteiger partial charge in [0.15, 0.2) is 5.76 Å². The number of aromatic nitrogens is 3. The van der Waals surface area contributed by atoms with Gasteiger partial charge in [0.25, 0.3) is 0 Å². The second-order valence-corrected chi connectivity index (χ2v) is 6.42. The molecule has 3 heterocycles. The molecule has 4 nitrogen and oxygen atoms in total. The van der Waals surface area contributed by atoms with Crippen LogP contribution in [0.25, 0.3) is 33.6 Å². The van der Waals surface area contributed by atoms with E-state index in [1.807, 2.05) is 36.4 Å². The molecule has 0 amide bonds. The molecule has 0 saturated heterocycles. The molecule has 0 aliphatic carbocycles. The van der Waals surface area contributed by atoms with Gasteiger partial charge < -0.3 is 8.98 Å². The highest BCUT2D eigenvalue weighted by molar-refractivity contribution is 6.02. The van der Waals surface area contributed by atoms with Crippen LogP contribution in [0.4, 0.5) is 0 Å². The highest BCUT2D eigenvalue weighted by Gasteiger charge is 2.18. The molecule has 0 N–H and O–H groups in total. The number of rotatable bonds is 4. The van der Waals surface area contributed by atoms with Gasteiger partial charge in [-0.15, -0.1) is 0 Å². The van der Waals surface area contributed by atoms with E-state index in [2.05, 4.69) is 57.1 Å². The number of nitrogens with zero attached hydrogens (tertiary/aromatic N) is 3. The van der Waals surface area contributed by atoms with E-state index in [4.69, 9.17) is 4.42 Å². The second-order valence-electron chi connectivity index (χ2n) is 6.42. The lowest BCUT2D eigenvalue weighted by atomic mass is 10.0. The lowest BCUT2D eigenvalue weighted by Crippen LogP contribution is -1.99. The molecule has 0 saturated carbocycles. The lowest BCUT2D eigenvalue weighted by Gasteiger charge is -2.05. The molecule has 130 valence electrons. The minimum absolute atomic E-state index is 0.747. The third kappa shape index (κ3) is 2.81. The van der Waals surface area contributed by atoms with Crippen molar-refractivity contribution < 1.29 is 4.42 Å². The molecular formula is C23H17N3O. The predicted octanol–water partition coefficient (Wildman–Crippen LogP) is 5.41. The highest BCUT2D eigenvalue weighted by atomic mass is 16.3. The van der Waals surface area contributed by atoms with E-state index in [-0.39, 0.29) is 0 Å². The quantitative estimate of drug-likeness (QED) is 0.435. The van der Waals surface area contributed by atoms with Crippen LogP contribution in [0, 0.1) is 0 Å². The van der Waals surface area contributed by atoms with Crippen LogP contribution in [0.2, 0.25) is 0 Å². The Morgan fingerprint density at radius 3 is 2.33 bits per heavy atom. The van der Waals surface area contributed by atoms with Crippen molar-refractivity contribution in [1.82, 2.24) is 14.5 Å². The number of fused-ring (bicyclic) bond motifs is 1.